The van der Waals surface area contributed by atoms with Crippen molar-refractivity contribution in [3.63, 3.8) is 0 Å². The molecule has 1 aromatic carbocycles. The zero-order valence-electron chi connectivity index (χ0n) is 12.4. The predicted molar refractivity (Wildman–Crippen MR) is 81.2 cm³/mol. The second kappa shape index (κ2) is 5.44. The molecule has 1 atom stereocenters. The Morgan fingerprint density at radius 3 is 2.73 bits per heavy atom. The molecule has 1 aromatic heterocycles. The van der Waals surface area contributed by atoms with Gasteiger partial charge >= 0.3 is 5.97 Å². The third kappa shape index (κ3) is 2.56. The third-order valence-corrected chi connectivity index (χ3v) is 4.46. The third-order valence-electron chi connectivity index (χ3n) is 4.46. The summed E-state index contributed by atoms with van der Waals surface area (Å²) in [5.41, 5.74) is 0.900. The van der Waals surface area contributed by atoms with E-state index in [1.165, 1.54) is 0 Å². The van der Waals surface area contributed by atoms with Crippen LogP contribution in [0, 0.1) is 5.41 Å². The van der Waals surface area contributed by atoms with E-state index in [1.54, 1.807) is 0 Å². The molecule has 22 heavy (non-hydrogen) atoms. The fourth-order valence-electron chi connectivity index (χ4n) is 2.92. The number of rotatable bonds is 5. The fraction of sp³-hybridized carbons (Fsp3) is 0.438. The average Bonchev–Trinajstić information content (AvgIpc) is 2.86. The fourth-order valence-corrected chi connectivity index (χ4v) is 2.92. The number of carboxylic acid groups (broad SMARTS) is 1. The summed E-state index contributed by atoms with van der Waals surface area (Å²) in [6.45, 7) is 1.84. The highest BCUT2D eigenvalue weighted by atomic mass is 16.4. The Balaban J connectivity index is 1.67. The molecule has 1 aliphatic rings. The smallest absolute Gasteiger partial charge is 0.310 e. The van der Waals surface area contributed by atoms with Gasteiger partial charge in [0, 0.05) is 6.42 Å². The van der Waals surface area contributed by atoms with E-state index in [0.29, 0.717) is 18.7 Å². The number of carboxylic acids is 1. The molecule has 2 aromatic rings. The van der Waals surface area contributed by atoms with Gasteiger partial charge in [-0.2, -0.15) is 0 Å². The first kappa shape index (κ1) is 14.6. The van der Waals surface area contributed by atoms with Crippen LogP contribution in [0.25, 0.3) is 11.0 Å². The van der Waals surface area contributed by atoms with Crippen LogP contribution >= 0.6 is 0 Å². The predicted octanol–water partition coefficient (Wildman–Crippen LogP) is 2.39. The molecule has 116 valence electrons. The number of aromatic amines is 1. The number of carbonyl (C=O) groups is 2. The maximum atomic E-state index is 12.1. The lowest BCUT2D eigenvalue weighted by Gasteiger charge is -2.37. The van der Waals surface area contributed by atoms with Crippen LogP contribution in [0.1, 0.15) is 44.5 Å². The first-order valence-corrected chi connectivity index (χ1v) is 7.48. The number of fused-ring (bicyclic) bond motifs is 1. The van der Waals surface area contributed by atoms with E-state index in [4.69, 9.17) is 0 Å². The van der Waals surface area contributed by atoms with Crippen LogP contribution in [0.4, 0.5) is 0 Å². The van der Waals surface area contributed by atoms with Gasteiger partial charge in [-0.1, -0.05) is 18.6 Å². The van der Waals surface area contributed by atoms with Crippen molar-refractivity contribution in [2.45, 2.75) is 38.6 Å². The van der Waals surface area contributed by atoms with Gasteiger partial charge in [0.05, 0.1) is 22.5 Å². The van der Waals surface area contributed by atoms with Crippen molar-refractivity contribution in [3.05, 3.63) is 30.1 Å². The Hall–Kier alpha value is -2.37. The van der Waals surface area contributed by atoms with Crippen LogP contribution in [0.15, 0.2) is 24.3 Å². The van der Waals surface area contributed by atoms with Gasteiger partial charge in [0.2, 0.25) is 5.91 Å². The largest absolute Gasteiger partial charge is 0.481 e. The van der Waals surface area contributed by atoms with Gasteiger partial charge in [-0.05, 0) is 31.9 Å². The number of amides is 1. The number of imidazole rings is 1. The monoisotopic (exact) mass is 301 g/mol. The molecule has 3 rings (SSSR count). The van der Waals surface area contributed by atoms with Crippen molar-refractivity contribution in [1.82, 2.24) is 15.3 Å². The quantitative estimate of drug-likeness (QED) is 0.790. The first-order chi connectivity index (χ1) is 10.5. The molecule has 6 heteroatoms. The number of benzene rings is 1. The van der Waals surface area contributed by atoms with Crippen LogP contribution in [-0.2, 0) is 9.59 Å². The molecule has 1 aliphatic carbocycles. The summed E-state index contributed by atoms with van der Waals surface area (Å²) in [5.74, 6) is -0.437. The summed E-state index contributed by atoms with van der Waals surface area (Å²) in [4.78, 5) is 31.1. The van der Waals surface area contributed by atoms with Gasteiger partial charge in [-0.25, -0.2) is 4.98 Å². The number of aliphatic carboxylic acids is 1. The van der Waals surface area contributed by atoms with E-state index in [9.17, 15) is 14.7 Å². The minimum Gasteiger partial charge on any atom is -0.481 e. The number of para-hydroxylation sites is 2. The molecule has 6 nitrogen and oxygen atoms in total. The van der Waals surface area contributed by atoms with Gasteiger partial charge in [0.15, 0.2) is 0 Å². The maximum absolute atomic E-state index is 12.1. The van der Waals surface area contributed by atoms with Crippen LogP contribution in [0.3, 0.4) is 0 Å². The maximum Gasteiger partial charge on any atom is 0.310 e. The molecular weight excluding hydrogens is 282 g/mol. The lowest BCUT2D eigenvalue weighted by molar-refractivity contribution is -0.157. The molecule has 1 amide bonds. The molecule has 0 bridgehead atoms. The minimum absolute atomic E-state index is 0.0346. The van der Waals surface area contributed by atoms with Crippen molar-refractivity contribution in [2.24, 2.45) is 5.41 Å². The number of nitrogens with one attached hydrogen (secondary N) is 2. The minimum atomic E-state index is -0.870. The van der Waals surface area contributed by atoms with Crippen molar-refractivity contribution in [1.29, 1.82) is 0 Å². The first-order valence-electron chi connectivity index (χ1n) is 7.48. The van der Waals surface area contributed by atoms with Gasteiger partial charge < -0.3 is 15.4 Å². The number of hydrogen-bond acceptors (Lipinski definition) is 3. The second-order valence-electron chi connectivity index (χ2n) is 6.04. The molecule has 0 radical (unpaired) electrons. The standard InChI is InChI=1S/C16H19N3O3/c1-10(14-18-11-5-2-3-6-12(11)19-14)17-13(20)9-16(15(21)22)7-4-8-16/h2-3,5-6,10H,4,7-9H2,1H3,(H,17,20)(H,18,19)(H,21,22). The Kier molecular flexibility index (Phi) is 3.60. The van der Waals surface area contributed by atoms with Crippen molar-refractivity contribution in [2.75, 3.05) is 0 Å². The lowest BCUT2D eigenvalue weighted by atomic mass is 9.66. The van der Waals surface area contributed by atoms with E-state index in [-0.39, 0.29) is 18.4 Å². The Bertz CT molecular complexity index is 685. The SMILES string of the molecule is CC(NC(=O)CC1(C(=O)O)CCC1)c1nc2ccccc2[nH]1. The summed E-state index contributed by atoms with van der Waals surface area (Å²) < 4.78 is 0. The highest BCUT2D eigenvalue weighted by Gasteiger charge is 2.46. The Morgan fingerprint density at radius 2 is 2.14 bits per heavy atom. The molecule has 0 aliphatic heterocycles. The van der Waals surface area contributed by atoms with Crippen LogP contribution in [0.5, 0.6) is 0 Å². The summed E-state index contributed by atoms with van der Waals surface area (Å²) in [7, 11) is 0. The zero-order valence-corrected chi connectivity index (χ0v) is 12.4. The molecule has 1 fully saturated rings. The van der Waals surface area contributed by atoms with Crippen LogP contribution in [0.2, 0.25) is 0 Å². The molecule has 0 saturated heterocycles. The summed E-state index contributed by atoms with van der Waals surface area (Å²) in [6, 6.07) is 7.36. The van der Waals surface area contributed by atoms with E-state index in [2.05, 4.69) is 15.3 Å². The lowest BCUT2D eigenvalue weighted by Crippen LogP contribution is -2.43. The van der Waals surface area contributed by atoms with E-state index in [0.717, 1.165) is 17.5 Å². The van der Waals surface area contributed by atoms with Crippen molar-refractivity contribution >= 4 is 22.9 Å². The number of hydrogen-bond donors (Lipinski definition) is 3. The number of nitrogens with zero attached hydrogens (tertiary/aromatic N) is 1. The summed E-state index contributed by atoms with van der Waals surface area (Å²) in [6.07, 6.45) is 2.06. The number of H-pyrrole nitrogens is 1. The van der Waals surface area contributed by atoms with E-state index in [1.807, 2.05) is 31.2 Å². The van der Waals surface area contributed by atoms with Crippen LogP contribution in [-0.4, -0.2) is 27.0 Å². The highest BCUT2D eigenvalue weighted by molar-refractivity contribution is 5.86. The average molecular weight is 301 g/mol. The summed E-state index contributed by atoms with van der Waals surface area (Å²) >= 11 is 0. The molecule has 1 saturated carbocycles. The van der Waals surface area contributed by atoms with E-state index >= 15 is 0 Å². The van der Waals surface area contributed by atoms with Crippen molar-refractivity contribution < 1.29 is 14.7 Å². The van der Waals surface area contributed by atoms with E-state index < -0.39 is 11.4 Å². The van der Waals surface area contributed by atoms with Gasteiger partial charge in [0.25, 0.3) is 0 Å². The topological polar surface area (TPSA) is 95.1 Å². The highest BCUT2D eigenvalue weighted by Crippen LogP contribution is 2.44. The molecule has 0 spiro atoms. The normalized spacial score (nSPS) is 17.7. The molecule has 3 N–H and O–H groups in total. The van der Waals surface area contributed by atoms with Gasteiger partial charge in [0.1, 0.15) is 5.82 Å². The van der Waals surface area contributed by atoms with Crippen LogP contribution < -0.4 is 5.32 Å². The number of aromatic nitrogens is 2. The molecule has 1 unspecified atom stereocenters. The summed E-state index contributed by atoms with van der Waals surface area (Å²) in [5, 5.41) is 12.1. The van der Waals surface area contributed by atoms with Gasteiger partial charge in [-0.3, -0.25) is 9.59 Å². The Morgan fingerprint density at radius 1 is 1.41 bits per heavy atom. The van der Waals surface area contributed by atoms with Crippen molar-refractivity contribution in [3.8, 4) is 0 Å². The zero-order chi connectivity index (χ0) is 15.7. The number of carbonyl (C=O) groups excluding carboxylic acids is 1. The molecule has 1 heterocycles. The Labute approximate surface area is 127 Å². The van der Waals surface area contributed by atoms with Gasteiger partial charge in [-0.15, -0.1) is 0 Å². The second-order valence-corrected chi connectivity index (χ2v) is 6.04. The molecular formula is C16H19N3O3.